The Morgan fingerprint density at radius 1 is 1.05 bits per heavy atom. The highest BCUT2D eigenvalue weighted by Crippen LogP contribution is 2.36. The predicted octanol–water partition coefficient (Wildman–Crippen LogP) is 5.81. The number of carboxylic acid groups (broad SMARTS) is 1. The third-order valence-electron chi connectivity index (χ3n) is 6.55. The fourth-order valence-electron chi connectivity index (χ4n) is 4.46. The lowest BCUT2D eigenvalue weighted by molar-refractivity contribution is -0.192. The van der Waals surface area contributed by atoms with E-state index in [0.717, 1.165) is 30.7 Å². The number of rotatable bonds is 6. The van der Waals surface area contributed by atoms with Gasteiger partial charge in [0, 0.05) is 30.4 Å². The number of carbonyl (C=O) groups excluding carboxylic acids is 1. The fraction of sp³-hybridized carbons (Fsp3) is 0.462. The summed E-state index contributed by atoms with van der Waals surface area (Å²) >= 11 is 0. The summed E-state index contributed by atoms with van der Waals surface area (Å²) in [5.41, 5.74) is 0.840. The van der Waals surface area contributed by atoms with Crippen LogP contribution in [-0.2, 0) is 17.4 Å². The minimum Gasteiger partial charge on any atom is -0.497 e. The van der Waals surface area contributed by atoms with E-state index in [4.69, 9.17) is 19.4 Å². The molecule has 0 saturated carbocycles. The quantitative estimate of drug-likeness (QED) is 0.422. The van der Waals surface area contributed by atoms with Gasteiger partial charge in [0.1, 0.15) is 11.5 Å². The Balaban J connectivity index is 0.000000559. The Hall–Kier alpha value is -3.68. The van der Waals surface area contributed by atoms with Gasteiger partial charge in [0.2, 0.25) is 0 Å². The number of ether oxygens (including phenoxy) is 2. The summed E-state index contributed by atoms with van der Waals surface area (Å²) < 4.78 is 82.2. The minimum absolute atomic E-state index is 0.0190. The number of fused-ring (bicyclic) bond motifs is 1. The van der Waals surface area contributed by atoms with Crippen molar-refractivity contribution in [2.45, 2.75) is 44.1 Å². The van der Waals surface area contributed by atoms with Crippen LogP contribution in [0, 0.1) is 0 Å². The first-order valence-corrected chi connectivity index (χ1v) is 12.3. The molecule has 4 rings (SSSR count). The maximum atomic E-state index is 13.2. The molecule has 1 atom stereocenters. The molecule has 40 heavy (non-hydrogen) atoms. The highest BCUT2D eigenvalue weighted by Gasteiger charge is 2.38. The first-order chi connectivity index (χ1) is 18.7. The zero-order valence-electron chi connectivity index (χ0n) is 21.7. The van der Waals surface area contributed by atoms with Gasteiger partial charge in [-0.1, -0.05) is 6.07 Å². The van der Waals surface area contributed by atoms with E-state index in [-0.39, 0.29) is 11.4 Å². The summed E-state index contributed by atoms with van der Waals surface area (Å²) in [6.45, 7) is 2.14. The number of nitrogens with one attached hydrogen (secondary N) is 1. The van der Waals surface area contributed by atoms with Gasteiger partial charge in [-0.15, -0.1) is 0 Å². The number of carbonyl (C=O) groups is 2. The van der Waals surface area contributed by atoms with Gasteiger partial charge < -0.3 is 24.8 Å². The average Bonchev–Trinajstić information content (AvgIpc) is 3.48. The van der Waals surface area contributed by atoms with E-state index in [1.807, 2.05) is 18.2 Å². The van der Waals surface area contributed by atoms with Crippen LogP contribution in [0.4, 0.5) is 42.5 Å². The Morgan fingerprint density at radius 2 is 1.75 bits per heavy atom. The molecule has 1 fully saturated rings. The smallest absolute Gasteiger partial charge is 0.490 e. The van der Waals surface area contributed by atoms with E-state index in [1.165, 1.54) is 30.9 Å². The van der Waals surface area contributed by atoms with Crippen molar-refractivity contribution in [2.24, 2.45) is 0 Å². The van der Waals surface area contributed by atoms with Gasteiger partial charge in [0.05, 0.1) is 25.0 Å². The summed E-state index contributed by atoms with van der Waals surface area (Å²) in [4.78, 5) is 25.7. The Labute approximate surface area is 226 Å². The summed E-state index contributed by atoms with van der Waals surface area (Å²) in [6.07, 6.45) is -5.63. The van der Waals surface area contributed by atoms with E-state index in [2.05, 4.69) is 17.3 Å². The molecular formula is C26H29F6N3O5. The minimum atomic E-state index is -5.08. The molecule has 8 nitrogen and oxygen atoms in total. The molecular weight excluding hydrogens is 548 g/mol. The number of urea groups is 1. The zero-order valence-corrected chi connectivity index (χ0v) is 21.7. The molecule has 220 valence electrons. The third kappa shape index (κ3) is 8.16. The standard InChI is InChI=1S/C24H28F3N3O3.C2HF3O2/c1-29-9-3-4-19(29)8-11-33-20-6-5-16-7-10-30(22(16)15-20)23(31)28-18-12-17(24(25,26)27)13-21(14-18)32-2;3-2(4,5)1(6)7/h5-6,12-15,19H,3-4,7-11H2,1-2H3,(H,28,31);(H,6,7). The van der Waals surface area contributed by atoms with Crippen molar-refractivity contribution in [3.8, 4) is 11.5 Å². The van der Waals surface area contributed by atoms with Crippen LogP contribution in [0.1, 0.15) is 30.4 Å². The summed E-state index contributed by atoms with van der Waals surface area (Å²) in [7, 11) is 3.41. The van der Waals surface area contributed by atoms with Crippen LogP contribution in [0.5, 0.6) is 11.5 Å². The molecule has 2 amide bonds. The summed E-state index contributed by atoms with van der Waals surface area (Å²) in [6, 6.07) is 8.86. The van der Waals surface area contributed by atoms with Crippen LogP contribution in [0.25, 0.3) is 0 Å². The number of carboxylic acids is 1. The van der Waals surface area contributed by atoms with Crippen molar-refractivity contribution >= 4 is 23.4 Å². The lowest BCUT2D eigenvalue weighted by Crippen LogP contribution is -2.33. The second-order valence-electron chi connectivity index (χ2n) is 9.29. The number of hydrogen-bond donors (Lipinski definition) is 2. The normalized spacial score (nSPS) is 17.1. The SMILES string of the molecule is COc1cc(NC(=O)N2CCc3ccc(OCCC4CCCN4C)cc32)cc(C(F)(F)F)c1.O=C(O)C(F)(F)F. The van der Waals surface area contributed by atoms with E-state index < -0.39 is 29.9 Å². The molecule has 0 spiro atoms. The molecule has 14 heteroatoms. The zero-order chi connectivity index (χ0) is 29.7. The number of likely N-dealkylation sites (tertiary alicyclic amines) is 1. The monoisotopic (exact) mass is 577 g/mol. The van der Waals surface area contributed by atoms with Gasteiger partial charge in [0.25, 0.3) is 0 Å². The molecule has 0 radical (unpaired) electrons. The first-order valence-electron chi connectivity index (χ1n) is 12.3. The number of nitrogens with zero attached hydrogens (tertiary/aromatic N) is 2. The van der Waals surface area contributed by atoms with Gasteiger partial charge in [-0.3, -0.25) is 4.90 Å². The molecule has 2 heterocycles. The maximum Gasteiger partial charge on any atom is 0.490 e. The van der Waals surface area contributed by atoms with Crippen LogP contribution in [-0.4, -0.2) is 68.1 Å². The number of methoxy groups -OCH3 is 1. The molecule has 2 aliphatic rings. The number of benzene rings is 2. The second-order valence-corrected chi connectivity index (χ2v) is 9.29. The van der Waals surface area contributed by atoms with Crippen molar-refractivity contribution in [3.63, 3.8) is 0 Å². The van der Waals surface area contributed by atoms with Crippen molar-refractivity contribution < 1.29 is 50.5 Å². The van der Waals surface area contributed by atoms with Gasteiger partial charge in [-0.25, -0.2) is 9.59 Å². The fourth-order valence-corrected chi connectivity index (χ4v) is 4.46. The molecule has 2 aromatic rings. The highest BCUT2D eigenvalue weighted by atomic mass is 19.4. The van der Waals surface area contributed by atoms with Crippen LogP contribution in [0.15, 0.2) is 36.4 Å². The first kappa shape index (κ1) is 30.9. The van der Waals surface area contributed by atoms with E-state index >= 15 is 0 Å². The van der Waals surface area contributed by atoms with Gasteiger partial charge in [-0.2, -0.15) is 26.3 Å². The molecule has 2 aromatic carbocycles. The number of alkyl halides is 6. The number of amides is 2. The Morgan fingerprint density at radius 3 is 2.33 bits per heavy atom. The lowest BCUT2D eigenvalue weighted by atomic mass is 10.1. The predicted molar refractivity (Wildman–Crippen MR) is 134 cm³/mol. The van der Waals surface area contributed by atoms with E-state index in [1.54, 1.807) is 0 Å². The van der Waals surface area contributed by atoms with Crippen LogP contribution in [0.3, 0.4) is 0 Å². The second kappa shape index (κ2) is 12.7. The molecule has 0 aliphatic carbocycles. The largest absolute Gasteiger partial charge is 0.497 e. The van der Waals surface area contributed by atoms with Crippen LogP contribution < -0.4 is 19.7 Å². The van der Waals surface area contributed by atoms with Gasteiger partial charge >= 0.3 is 24.4 Å². The number of aliphatic carboxylic acids is 1. The number of halogens is 6. The number of hydrogen-bond acceptors (Lipinski definition) is 5. The Bertz CT molecular complexity index is 1200. The molecule has 1 unspecified atom stereocenters. The number of anilines is 2. The molecule has 0 bridgehead atoms. The van der Waals surface area contributed by atoms with Crippen molar-refractivity contribution in [2.75, 3.05) is 44.1 Å². The third-order valence-corrected chi connectivity index (χ3v) is 6.55. The molecule has 2 aliphatic heterocycles. The van der Waals surface area contributed by atoms with Crippen LogP contribution >= 0.6 is 0 Å². The average molecular weight is 578 g/mol. The van der Waals surface area contributed by atoms with Crippen molar-refractivity contribution in [1.29, 1.82) is 0 Å². The molecule has 2 N–H and O–H groups in total. The molecule has 0 aromatic heterocycles. The van der Waals surface area contributed by atoms with Crippen molar-refractivity contribution in [1.82, 2.24) is 4.90 Å². The van der Waals surface area contributed by atoms with E-state index in [0.29, 0.717) is 37.1 Å². The molecule has 1 saturated heterocycles. The van der Waals surface area contributed by atoms with Crippen LogP contribution in [0.2, 0.25) is 0 Å². The lowest BCUT2D eigenvalue weighted by Gasteiger charge is -2.21. The van der Waals surface area contributed by atoms with Gasteiger partial charge in [-0.05, 0) is 63.0 Å². The van der Waals surface area contributed by atoms with E-state index in [9.17, 15) is 31.1 Å². The maximum absolute atomic E-state index is 13.2. The topological polar surface area (TPSA) is 91.3 Å². The van der Waals surface area contributed by atoms with Gasteiger partial charge in [0.15, 0.2) is 0 Å². The summed E-state index contributed by atoms with van der Waals surface area (Å²) in [5, 5.41) is 9.70. The highest BCUT2D eigenvalue weighted by molar-refractivity contribution is 6.03. The Kier molecular flexibility index (Phi) is 9.77. The summed E-state index contributed by atoms with van der Waals surface area (Å²) in [5.74, 6) is -2.06. The van der Waals surface area contributed by atoms with Crippen molar-refractivity contribution in [3.05, 3.63) is 47.5 Å².